The summed E-state index contributed by atoms with van der Waals surface area (Å²) in [5.41, 5.74) is 1.70. The quantitative estimate of drug-likeness (QED) is 0.787. The Labute approximate surface area is 119 Å². The van der Waals surface area contributed by atoms with Crippen molar-refractivity contribution in [2.45, 2.75) is 26.3 Å². The monoisotopic (exact) mass is 275 g/mol. The lowest BCUT2D eigenvalue weighted by Crippen LogP contribution is -2.14. The molecule has 1 N–H and O–H groups in total. The second-order valence-electron chi connectivity index (χ2n) is 4.86. The van der Waals surface area contributed by atoms with Gasteiger partial charge in [-0.25, -0.2) is 9.97 Å². The largest absolute Gasteiger partial charge is 0.475 e. The summed E-state index contributed by atoms with van der Waals surface area (Å²) in [7, 11) is 1.68. The zero-order valence-corrected chi connectivity index (χ0v) is 12.2. The molecule has 0 bridgehead atoms. The van der Waals surface area contributed by atoms with Crippen molar-refractivity contribution in [3.8, 4) is 5.88 Å². The van der Waals surface area contributed by atoms with E-state index in [4.69, 9.17) is 9.47 Å². The third kappa shape index (κ3) is 3.81. The molecular weight excluding hydrogens is 254 g/mol. The summed E-state index contributed by atoms with van der Waals surface area (Å²) in [5, 5.41) is 3.28. The van der Waals surface area contributed by atoms with E-state index < -0.39 is 0 Å². The highest BCUT2D eigenvalue weighted by Gasteiger charge is 2.11. The zero-order chi connectivity index (χ0) is 14.4. The fourth-order valence-electron chi connectivity index (χ4n) is 1.82. The van der Waals surface area contributed by atoms with Crippen molar-refractivity contribution in [2.75, 3.05) is 25.6 Å². The molecule has 2 aromatic rings. The molecule has 0 spiro atoms. The third-order valence-corrected chi connectivity index (χ3v) is 2.70. The standard InChI is InChI=1S/C15H21N3O2/c1-11(2)16-14-15(20-10-6-9-19-3)18-13-8-5-4-7-12(13)17-14/h4-5,7-8,11H,6,9-10H2,1-3H3,(H,16,17). The molecule has 0 atom stereocenters. The SMILES string of the molecule is COCCCOc1nc2ccccc2nc1NC(C)C. The normalized spacial score (nSPS) is 11.0. The molecule has 20 heavy (non-hydrogen) atoms. The van der Waals surface area contributed by atoms with E-state index in [0.717, 1.165) is 17.5 Å². The number of hydrogen-bond acceptors (Lipinski definition) is 5. The molecule has 0 amide bonds. The second-order valence-corrected chi connectivity index (χ2v) is 4.86. The molecule has 2 rings (SSSR count). The van der Waals surface area contributed by atoms with Crippen molar-refractivity contribution in [2.24, 2.45) is 0 Å². The van der Waals surface area contributed by atoms with Gasteiger partial charge < -0.3 is 14.8 Å². The summed E-state index contributed by atoms with van der Waals surface area (Å²) < 4.78 is 10.7. The Morgan fingerprint density at radius 2 is 1.80 bits per heavy atom. The number of nitrogens with zero attached hydrogens (tertiary/aromatic N) is 2. The van der Waals surface area contributed by atoms with Crippen LogP contribution in [0.3, 0.4) is 0 Å². The van der Waals surface area contributed by atoms with Gasteiger partial charge in [0.2, 0.25) is 0 Å². The highest BCUT2D eigenvalue weighted by atomic mass is 16.5. The molecule has 1 heterocycles. The van der Waals surface area contributed by atoms with Crippen molar-refractivity contribution in [3.63, 3.8) is 0 Å². The van der Waals surface area contributed by atoms with E-state index in [1.807, 2.05) is 24.3 Å². The molecule has 0 saturated carbocycles. The minimum atomic E-state index is 0.270. The Hall–Kier alpha value is -1.88. The van der Waals surface area contributed by atoms with Crippen LogP contribution in [-0.2, 0) is 4.74 Å². The Kier molecular flexibility index (Phi) is 5.12. The highest BCUT2D eigenvalue weighted by molar-refractivity contribution is 5.77. The van der Waals surface area contributed by atoms with Gasteiger partial charge in [0.15, 0.2) is 5.82 Å². The van der Waals surface area contributed by atoms with Gasteiger partial charge in [-0.3, -0.25) is 0 Å². The van der Waals surface area contributed by atoms with Crippen LogP contribution in [0.2, 0.25) is 0 Å². The smallest absolute Gasteiger partial charge is 0.258 e. The topological polar surface area (TPSA) is 56.3 Å². The van der Waals surface area contributed by atoms with Crippen LogP contribution in [0.25, 0.3) is 11.0 Å². The average Bonchev–Trinajstić information content (AvgIpc) is 2.43. The van der Waals surface area contributed by atoms with Crippen molar-refractivity contribution in [3.05, 3.63) is 24.3 Å². The predicted octanol–water partition coefficient (Wildman–Crippen LogP) is 2.87. The fraction of sp³-hybridized carbons (Fsp3) is 0.467. The lowest BCUT2D eigenvalue weighted by Gasteiger charge is -2.14. The maximum Gasteiger partial charge on any atom is 0.258 e. The first-order valence-electron chi connectivity index (χ1n) is 6.85. The van der Waals surface area contributed by atoms with Crippen LogP contribution in [0, 0.1) is 0 Å². The van der Waals surface area contributed by atoms with Gasteiger partial charge in [0.25, 0.3) is 5.88 Å². The van der Waals surface area contributed by atoms with Gasteiger partial charge in [0.1, 0.15) is 0 Å². The maximum absolute atomic E-state index is 5.73. The maximum atomic E-state index is 5.73. The number of nitrogens with one attached hydrogen (secondary N) is 1. The minimum absolute atomic E-state index is 0.270. The van der Waals surface area contributed by atoms with Gasteiger partial charge in [-0.1, -0.05) is 12.1 Å². The lowest BCUT2D eigenvalue weighted by atomic mass is 10.3. The van der Waals surface area contributed by atoms with Crippen LogP contribution in [0.5, 0.6) is 5.88 Å². The molecule has 0 fully saturated rings. The molecular formula is C15H21N3O2. The van der Waals surface area contributed by atoms with Crippen LogP contribution >= 0.6 is 0 Å². The molecule has 1 aromatic carbocycles. The summed E-state index contributed by atoms with van der Waals surface area (Å²) in [6.45, 7) is 5.36. The Morgan fingerprint density at radius 1 is 1.10 bits per heavy atom. The number of fused-ring (bicyclic) bond motifs is 1. The lowest BCUT2D eigenvalue weighted by molar-refractivity contribution is 0.171. The van der Waals surface area contributed by atoms with Crippen LogP contribution in [-0.4, -0.2) is 36.3 Å². The summed E-state index contributed by atoms with van der Waals surface area (Å²) in [5.74, 6) is 1.24. The van der Waals surface area contributed by atoms with E-state index in [1.54, 1.807) is 7.11 Å². The summed E-state index contributed by atoms with van der Waals surface area (Å²) in [4.78, 5) is 9.12. The Bertz CT molecular complexity index is 558. The predicted molar refractivity (Wildman–Crippen MR) is 80.3 cm³/mol. The molecule has 5 nitrogen and oxygen atoms in total. The van der Waals surface area contributed by atoms with Crippen molar-refractivity contribution in [1.82, 2.24) is 9.97 Å². The van der Waals surface area contributed by atoms with Gasteiger partial charge in [0, 0.05) is 26.2 Å². The average molecular weight is 275 g/mol. The van der Waals surface area contributed by atoms with E-state index in [2.05, 4.69) is 29.1 Å². The number of anilines is 1. The first-order valence-corrected chi connectivity index (χ1v) is 6.85. The van der Waals surface area contributed by atoms with Crippen molar-refractivity contribution < 1.29 is 9.47 Å². The van der Waals surface area contributed by atoms with Gasteiger partial charge in [-0.05, 0) is 26.0 Å². The van der Waals surface area contributed by atoms with Crippen LogP contribution < -0.4 is 10.1 Å². The van der Waals surface area contributed by atoms with Gasteiger partial charge in [-0.15, -0.1) is 0 Å². The van der Waals surface area contributed by atoms with E-state index >= 15 is 0 Å². The molecule has 0 unspecified atom stereocenters. The first-order chi connectivity index (χ1) is 9.70. The zero-order valence-electron chi connectivity index (χ0n) is 12.2. The second kappa shape index (κ2) is 7.05. The highest BCUT2D eigenvalue weighted by Crippen LogP contribution is 2.24. The molecule has 1 aromatic heterocycles. The van der Waals surface area contributed by atoms with Gasteiger partial charge in [-0.2, -0.15) is 0 Å². The number of rotatable bonds is 7. The summed E-state index contributed by atoms with van der Waals surface area (Å²) in [6, 6.07) is 8.05. The first kappa shape index (κ1) is 14.5. The van der Waals surface area contributed by atoms with E-state index in [9.17, 15) is 0 Å². The molecule has 5 heteroatoms. The van der Waals surface area contributed by atoms with E-state index in [0.29, 0.717) is 24.9 Å². The number of para-hydroxylation sites is 2. The van der Waals surface area contributed by atoms with Gasteiger partial charge >= 0.3 is 0 Å². The van der Waals surface area contributed by atoms with Crippen molar-refractivity contribution >= 4 is 16.9 Å². The van der Waals surface area contributed by atoms with Crippen LogP contribution in [0.1, 0.15) is 20.3 Å². The van der Waals surface area contributed by atoms with E-state index in [-0.39, 0.29) is 6.04 Å². The fourth-order valence-corrected chi connectivity index (χ4v) is 1.82. The molecule has 0 aliphatic carbocycles. The molecule has 0 aliphatic heterocycles. The van der Waals surface area contributed by atoms with Crippen LogP contribution in [0.4, 0.5) is 5.82 Å². The molecule has 0 radical (unpaired) electrons. The third-order valence-electron chi connectivity index (χ3n) is 2.70. The number of aromatic nitrogens is 2. The summed E-state index contributed by atoms with van der Waals surface area (Å²) >= 11 is 0. The number of benzene rings is 1. The number of ether oxygens (including phenoxy) is 2. The summed E-state index contributed by atoms with van der Waals surface area (Å²) in [6.07, 6.45) is 0.826. The van der Waals surface area contributed by atoms with Crippen LogP contribution in [0.15, 0.2) is 24.3 Å². The van der Waals surface area contributed by atoms with Crippen molar-refractivity contribution in [1.29, 1.82) is 0 Å². The Balaban J connectivity index is 2.23. The number of methoxy groups -OCH3 is 1. The number of hydrogen-bond donors (Lipinski definition) is 1. The molecule has 0 aliphatic rings. The molecule has 0 saturated heterocycles. The molecule has 108 valence electrons. The minimum Gasteiger partial charge on any atom is -0.475 e. The Morgan fingerprint density at radius 3 is 2.45 bits per heavy atom. The van der Waals surface area contributed by atoms with E-state index in [1.165, 1.54) is 0 Å². The van der Waals surface area contributed by atoms with Gasteiger partial charge in [0.05, 0.1) is 17.6 Å².